The molecule has 0 bridgehead atoms. The Kier molecular flexibility index (Phi) is 4.64. The lowest BCUT2D eigenvalue weighted by molar-refractivity contribution is 0.0727. The topological polar surface area (TPSA) is 64.5 Å². The summed E-state index contributed by atoms with van der Waals surface area (Å²) in [4.78, 5) is 23.1. The van der Waals surface area contributed by atoms with Crippen LogP contribution in [0.3, 0.4) is 0 Å². The molecule has 0 spiro atoms. The van der Waals surface area contributed by atoms with E-state index in [9.17, 15) is 4.79 Å². The lowest BCUT2D eigenvalue weighted by Gasteiger charge is -2.26. The van der Waals surface area contributed by atoms with Crippen LogP contribution in [-0.4, -0.2) is 41.5 Å². The Balaban J connectivity index is 1.90. The predicted octanol–water partition coefficient (Wildman–Crippen LogP) is 2.78. The Morgan fingerprint density at radius 3 is 2.71 bits per heavy atom. The van der Waals surface area contributed by atoms with Gasteiger partial charge in [0.15, 0.2) is 0 Å². The number of aromatic nitrogens is 2. The maximum atomic E-state index is 12.8. The highest BCUT2D eigenvalue weighted by molar-refractivity contribution is 5.92. The summed E-state index contributed by atoms with van der Waals surface area (Å²) in [6, 6.07) is 5.68. The molecule has 1 unspecified atom stereocenters. The maximum Gasteiger partial charge on any atom is 0.274 e. The number of ether oxygens (including phenoxy) is 2. The van der Waals surface area contributed by atoms with Crippen molar-refractivity contribution in [3.63, 3.8) is 0 Å². The van der Waals surface area contributed by atoms with E-state index in [2.05, 4.69) is 9.97 Å². The first kappa shape index (κ1) is 16.2. The van der Waals surface area contributed by atoms with Crippen LogP contribution in [0.2, 0.25) is 0 Å². The van der Waals surface area contributed by atoms with Gasteiger partial charge in [0.05, 0.1) is 32.2 Å². The van der Waals surface area contributed by atoms with Crippen LogP contribution >= 0.6 is 0 Å². The zero-order valence-electron chi connectivity index (χ0n) is 14.2. The van der Waals surface area contributed by atoms with Gasteiger partial charge in [-0.2, -0.15) is 0 Å². The van der Waals surface area contributed by atoms with E-state index in [4.69, 9.17) is 9.47 Å². The average Bonchev–Trinajstić information content (AvgIpc) is 3.10. The Morgan fingerprint density at radius 1 is 1.21 bits per heavy atom. The van der Waals surface area contributed by atoms with Gasteiger partial charge in [0.25, 0.3) is 5.91 Å². The molecule has 3 rings (SSSR count). The molecular weight excluding hydrogens is 306 g/mol. The van der Waals surface area contributed by atoms with E-state index in [1.807, 2.05) is 30.0 Å². The minimum Gasteiger partial charge on any atom is -0.497 e. The molecule has 1 amide bonds. The fourth-order valence-electron chi connectivity index (χ4n) is 3.08. The van der Waals surface area contributed by atoms with Crippen LogP contribution in [0.5, 0.6) is 11.5 Å². The average molecular weight is 327 g/mol. The fourth-order valence-corrected chi connectivity index (χ4v) is 3.08. The third-order valence-corrected chi connectivity index (χ3v) is 4.31. The van der Waals surface area contributed by atoms with E-state index >= 15 is 0 Å². The van der Waals surface area contributed by atoms with Gasteiger partial charge in [0.1, 0.15) is 17.2 Å². The van der Waals surface area contributed by atoms with E-state index in [0.717, 1.165) is 35.6 Å². The number of aryl methyl sites for hydroxylation is 1. The zero-order chi connectivity index (χ0) is 17.1. The maximum absolute atomic E-state index is 12.8. The quantitative estimate of drug-likeness (QED) is 0.864. The van der Waals surface area contributed by atoms with Crippen molar-refractivity contribution in [1.29, 1.82) is 0 Å². The third kappa shape index (κ3) is 3.04. The van der Waals surface area contributed by atoms with E-state index in [-0.39, 0.29) is 11.9 Å². The van der Waals surface area contributed by atoms with Gasteiger partial charge >= 0.3 is 0 Å². The molecule has 1 fully saturated rings. The van der Waals surface area contributed by atoms with Crippen molar-refractivity contribution in [1.82, 2.24) is 14.9 Å². The molecule has 126 valence electrons. The largest absolute Gasteiger partial charge is 0.497 e. The molecule has 1 aromatic carbocycles. The third-order valence-electron chi connectivity index (χ3n) is 4.31. The van der Waals surface area contributed by atoms with Gasteiger partial charge in [0.2, 0.25) is 0 Å². The van der Waals surface area contributed by atoms with Crippen molar-refractivity contribution < 1.29 is 14.3 Å². The molecule has 0 radical (unpaired) electrons. The van der Waals surface area contributed by atoms with Gasteiger partial charge in [-0.1, -0.05) is 0 Å². The lowest BCUT2D eigenvalue weighted by atomic mass is 10.0. The first-order valence-corrected chi connectivity index (χ1v) is 7.95. The molecule has 2 heterocycles. The molecule has 0 saturated carbocycles. The van der Waals surface area contributed by atoms with Crippen molar-refractivity contribution in [2.24, 2.45) is 0 Å². The molecule has 1 aromatic heterocycles. The van der Waals surface area contributed by atoms with E-state index in [0.29, 0.717) is 12.2 Å². The number of carbonyl (C=O) groups is 1. The summed E-state index contributed by atoms with van der Waals surface area (Å²) in [7, 11) is 3.25. The number of hydrogen-bond donors (Lipinski definition) is 0. The van der Waals surface area contributed by atoms with Gasteiger partial charge in [0, 0.05) is 24.4 Å². The second-order valence-corrected chi connectivity index (χ2v) is 5.81. The number of methoxy groups -OCH3 is 2. The summed E-state index contributed by atoms with van der Waals surface area (Å²) in [6.07, 6.45) is 5.00. The van der Waals surface area contributed by atoms with Crippen molar-refractivity contribution in [2.45, 2.75) is 25.8 Å². The van der Waals surface area contributed by atoms with Gasteiger partial charge in [-0.25, -0.2) is 4.98 Å². The molecule has 6 nitrogen and oxygen atoms in total. The molecule has 0 N–H and O–H groups in total. The number of rotatable bonds is 4. The Bertz CT molecular complexity index is 731. The molecule has 1 saturated heterocycles. The molecular formula is C18H21N3O3. The fraction of sp³-hybridized carbons (Fsp3) is 0.389. The predicted molar refractivity (Wildman–Crippen MR) is 89.3 cm³/mol. The monoisotopic (exact) mass is 327 g/mol. The molecule has 2 aromatic rings. The highest BCUT2D eigenvalue weighted by atomic mass is 16.5. The van der Waals surface area contributed by atoms with Crippen LogP contribution in [0.15, 0.2) is 30.6 Å². The molecule has 1 atom stereocenters. The zero-order valence-corrected chi connectivity index (χ0v) is 14.2. The van der Waals surface area contributed by atoms with Crippen LogP contribution in [0.4, 0.5) is 0 Å². The number of amides is 1. The minimum atomic E-state index is -0.0946. The highest BCUT2D eigenvalue weighted by Gasteiger charge is 2.33. The summed E-state index contributed by atoms with van der Waals surface area (Å²) < 4.78 is 10.8. The summed E-state index contributed by atoms with van der Waals surface area (Å²) in [5.74, 6) is 1.37. The van der Waals surface area contributed by atoms with Crippen LogP contribution in [-0.2, 0) is 0 Å². The Labute approximate surface area is 141 Å². The van der Waals surface area contributed by atoms with Crippen LogP contribution < -0.4 is 9.47 Å². The van der Waals surface area contributed by atoms with Crippen LogP contribution in [0.25, 0.3) is 0 Å². The van der Waals surface area contributed by atoms with Gasteiger partial charge in [-0.15, -0.1) is 0 Å². The minimum absolute atomic E-state index is 0.0264. The van der Waals surface area contributed by atoms with E-state index in [1.165, 1.54) is 6.20 Å². The van der Waals surface area contributed by atoms with Crippen molar-refractivity contribution in [2.75, 3.05) is 20.8 Å². The van der Waals surface area contributed by atoms with Crippen molar-refractivity contribution in [3.05, 3.63) is 47.5 Å². The van der Waals surface area contributed by atoms with Crippen LogP contribution in [0.1, 0.15) is 40.6 Å². The second-order valence-electron chi connectivity index (χ2n) is 5.81. The molecule has 0 aliphatic carbocycles. The molecule has 6 heteroatoms. The highest BCUT2D eigenvalue weighted by Crippen LogP contribution is 2.39. The number of hydrogen-bond acceptors (Lipinski definition) is 5. The second kappa shape index (κ2) is 6.86. The summed E-state index contributed by atoms with van der Waals surface area (Å²) >= 11 is 0. The van der Waals surface area contributed by atoms with E-state index < -0.39 is 0 Å². The standard InChI is InChI=1S/C18H21N3O3/c1-12-10-20-15(11-19-12)18(22)21-8-4-5-16(21)14-7-6-13(23-2)9-17(14)24-3/h6-7,9-11,16H,4-5,8H2,1-3H3. The Morgan fingerprint density at radius 2 is 2.04 bits per heavy atom. The van der Waals surface area contributed by atoms with Crippen LogP contribution in [0, 0.1) is 6.92 Å². The van der Waals surface area contributed by atoms with Gasteiger partial charge in [-0.3, -0.25) is 9.78 Å². The number of nitrogens with zero attached hydrogens (tertiary/aromatic N) is 3. The van der Waals surface area contributed by atoms with Gasteiger partial charge in [-0.05, 0) is 31.9 Å². The first-order valence-electron chi connectivity index (χ1n) is 7.95. The molecule has 1 aliphatic heterocycles. The number of benzene rings is 1. The SMILES string of the molecule is COc1ccc(C2CCCN2C(=O)c2cnc(C)cn2)c(OC)c1. The first-order chi connectivity index (χ1) is 11.6. The molecule has 1 aliphatic rings. The van der Waals surface area contributed by atoms with Gasteiger partial charge < -0.3 is 14.4 Å². The number of likely N-dealkylation sites (tertiary alicyclic amines) is 1. The number of carbonyl (C=O) groups excluding carboxylic acids is 1. The Hall–Kier alpha value is -2.63. The lowest BCUT2D eigenvalue weighted by Crippen LogP contribution is -2.31. The van der Waals surface area contributed by atoms with Crippen molar-refractivity contribution >= 4 is 5.91 Å². The van der Waals surface area contributed by atoms with Crippen molar-refractivity contribution in [3.8, 4) is 11.5 Å². The molecule has 24 heavy (non-hydrogen) atoms. The summed E-state index contributed by atoms with van der Waals surface area (Å²) in [6.45, 7) is 2.55. The summed E-state index contributed by atoms with van der Waals surface area (Å²) in [5, 5.41) is 0. The summed E-state index contributed by atoms with van der Waals surface area (Å²) in [5.41, 5.74) is 2.16. The smallest absolute Gasteiger partial charge is 0.274 e. The normalized spacial score (nSPS) is 17.0. The van der Waals surface area contributed by atoms with E-state index in [1.54, 1.807) is 20.4 Å².